The first-order chi connectivity index (χ1) is 17.8. The lowest BCUT2D eigenvalue weighted by atomic mass is 9.98. The van der Waals surface area contributed by atoms with Gasteiger partial charge >= 0.3 is 5.97 Å². The topological polar surface area (TPSA) is 168 Å². The summed E-state index contributed by atoms with van der Waals surface area (Å²) < 4.78 is 15.2. The molecule has 1 aliphatic carbocycles. The number of carbonyl (C=O) groups excluding carboxylic acids is 3. The number of aryl methyl sites for hydroxylation is 1. The molecule has 13 nitrogen and oxygen atoms in total. The van der Waals surface area contributed by atoms with Crippen LogP contribution < -0.4 is 16.0 Å². The maximum atomic E-state index is 12.2. The van der Waals surface area contributed by atoms with Crippen LogP contribution in [-0.4, -0.2) is 111 Å². The molecule has 1 atom stereocenters. The zero-order valence-corrected chi connectivity index (χ0v) is 22.2. The molecule has 0 spiro atoms. The number of thiazole rings is 1. The monoisotopic (exact) mass is 543 g/mol. The van der Waals surface area contributed by atoms with E-state index in [2.05, 4.69) is 27.9 Å². The SMILES string of the molecule is CCCN[C@H]1CCc2nc(NC(=O)COCC(=O)N(C)CC(=O)NCCOCCOCC(=O)O)sc2C1. The number of nitrogens with zero attached hydrogens (tertiary/aromatic N) is 2. The van der Waals surface area contributed by atoms with Crippen molar-refractivity contribution in [1.29, 1.82) is 0 Å². The van der Waals surface area contributed by atoms with Gasteiger partial charge in [0, 0.05) is 24.5 Å². The minimum Gasteiger partial charge on any atom is -0.480 e. The smallest absolute Gasteiger partial charge is 0.329 e. The van der Waals surface area contributed by atoms with Crippen LogP contribution in [0.2, 0.25) is 0 Å². The van der Waals surface area contributed by atoms with Gasteiger partial charge in [0.05, 0.1) is 32.1 Å². The molecule has 14 heteroatoms. The van der Waals surface area contributed by atoms with Gasteiger partial charge < -0.3 is 34.9 Å². The Morgan fingerprint density at radius 2 is 1.84 bits per heavy atom. The standard InChI is InChI=1S/C23H37N5O8S/c1-3-6-24-16-4-5-17-18(11-16)37-23(26-17)27-20(30)13-36-14-21(31)28(2)12-19(29)25-7-8-34-9-10-35-15-22(32)33/h16,24H,3-15H2,1-2H3,(H,25,29)(H,32,33)(H,26,27,30)/t16-/m0/s1. The van der Waals surface area contributed by atoms with Crippen molar-refractivity contribution in [3.8, 4) is 0 Å². The first kappa shape index (κ1) is 30.6. The summed E-state index contributed by atoms with van der Waals surface area (Å²) in [5.41, 5.74) is 1.03. The molecule has 2 rings (SSSR count). The fourth-order valence-corrected chi connectivity index (χ4v) is 4.55. The minimum absolute atomic E-state index is 0.138. The number of carbonyl (C=O) groups is 4. The molecule has 0 saturated heterocycles. The van der Waals surface area contributed by atoms with E-state index in [1.165, 1.54) is 28.2 Å². The van der Waals surface area contributed by atoms with Gasteiger partial charge in [0.25, 0.3) is 5.91 Å². The van der Waals surface area contributed by atoms with Crippen LogP contribution >= 0.6 is 11.3 Å². The lowest BCUT2D eigenvalue weighted by Crippen LogP contribution is -2.41. The van der Waals surface area contributed by atoms with E-state index in [1.807, 2.05) is 0 Å². The van der Waals surface area contributed by atoms with Crippen molar-refractivity contribution >= 4 is 40.2 Å². The summed E-state index contributed by atoms with van der Waals surface area (Å²) in [4.78, 5) is 53.5. The van der Waals surface area contributed by atoms with Gasteiger partial charge in [0.2, 0.25) is 11.8 Å². The van der Waals surface area contributed by atoms with Gasteiger partial charge in [-0.05, 0) is 32.2 Å². The van der Waals surface area contributed by atoms with Crippen LogP contribution in [0.15, 0.2) is 0 Å². The Bertz CT molecular complexity index is 896. The van der Waals surface area contributed by atoms with Gasteiger partial charge in [-0.2, -0.15) is 0 Å². The lowest BCUT2D eigenvalue weighted by molar-refractivity contribution is -0.142. The second-order valence-corrected chi connectivity index (χ2v) is 9.57. The van der Waals surface area contributed by atoms with Crippen molar-refractivity contribution in [1.82, 2.24) is 20.5 Å². The highest BCUT2D eigenvalue weighted by Gasteiger charge is 2.23. The minimum atomic E-state index is -1.05. The number of carboxylic acid groups (broad SMARTS) is 1. The number of hydrogen-bond acceptors (Lipinski definition) is 10. The molecule has 0 bridgehead atoms. The number of likely N-dealkylation sites (N-methyl/N-ethyl adjacent to an activating group) is 1. The van der Waals surface area contributed by atoms with E-state index in [4.69, 9.17) is 19.3 Å². The van der Waals surface area contributed by atoms with E-state index in [9.17, 15) is 19.2 Å². The molecule has 3 amide bonds. The summed E-state index contributed by atoms with van der Waals surface area (Å²) in [6.45, 7) is 2.72. The lowest BCUT2D eigenvalue weighted by Gasteiger charge is -2.21. The fourth-order valence-electron chi connectivity index (χ4n) is 3.45. The summed E-state index contributed by atoms with van der Waals surface area (Å²) in [5, 5.41) is 17.8. The van der Waals surface area contributed by atoms with Gasteiger partial charge in [0.15, 0.2) is 5.13 Å². The van der Waals surface area contributed by atoms with Crippen LogP contribution in [0.3, 0.4) is 0 Å². The predicted molar refractivity (Wildman–Crippen MR) is 136 cm³/mol. The van der Waals surface area contributed by atoms with Gasteiger partial charge in [-0.3, -0.25) is 19.7 Å². The summed E-state index contributed by atoms with van der Waals surface area (Å²) in [7, 11) is 1.46. The van der Waals surface area contributed by atoms with Crippen LogP contribution in [0.4, 0.5) is 5.13 Å². The molecular weight excluding hydrogens is 506 g/mol. The van der Waals surface area contributed by atoms with Crippen LogP contribution in [0, 0.1) is 0 Å². The Labute approximate surface area is 220 Å². The number of nitrogens with one attached hydrogen (secondary N) is 3. The Morgan fingerprint density at radius 1 is 1.05 bits per heavy atom. The number of anilines is 1. The molecule has 0 fully saturated rings. The normalized spacial score (nSPS) is 14.6. The highest BCUT2D eigenvalue weighted by molar-refractivity contribution is 7.15. The molecule has 1 aromatic heterocycles. The van der Waals surface area contributed by atoms with Crippen LogP contribution in [0.1, 0.15) is 30.3 Å². The second-order valence-electron chi connectivity index (χ2n) is 8.48. The van der Waals surface area contributed by atoms with Crippen molar-refractivity contribution in [2.45, 2.75) is 38.6 Å². The first-order valence-electron chi connectivity index (χ1n) is 12.3. The van der Waals surface area contributed by atoms with Crippen LogP contribution in [0.5, 0.6) is 0 Å². The number of fused-ring (bicyclic) bond motifs is 1. The molecule has 1 heterocycles. The number of aromatic nitrogens is 1. The highest BCUT2D eigenvalue weighted by Crippen LogP contribution is 2.29. The number of carboxylic acids is 1. The molecule has 4 N–H and O–H groups in total. The summed E-state index contributed by atoms with van der Waals surface area (Å²) in [6, 6.07) is 0.440. The molecule has 0 unspecified atom stereocenters. The third-order valence-corrected chi connectivity index (χ3v) is 6.34. The molecule has 0 saturated carbocycles. The quantitative estimate of drug-likeness (QED) is 0.180. The Morgan fingerprint density at radius 3 is 2.59 bits per heavy atom. The Kier molecular flexibility index (Phi) is 14.0. The third kappa shape index (κ3) is 12.4. The molecule has 1 aromatic rings. The zero-order chi connectivity index (χ0) is 27.0. The van der Waals surface area contributed by atoms with Crippen molar-refractivity contribution in [2.75, 3.05) is 71.6 Å². The fraction of sp³-hybridized carbons (Fsp3) is 0.696. The van der Waals surface area contributed by atoms with Crippen molar-refractivity contribution in [3.05, 3.63) is 10.6 Å². The number of rotatable bonds is 18. The number of amides is 3. The molecular formula is C23H37N5O8S. The zero-order valence-electron chi connectivity index (χ0n) is 21.4. The summed E-state index contributed by atoms with van der Waals surface area (Å²) in [5.74, 6) is -2.26. The van der Waals surface area contributed by atoms with E-state index < -0.39 is 17.8 Å². The number of aliphatic carboxylic acids is 1. The highest BCUT2D eigenvalue weighted by atomic mass is 32.1. The summed E-state index contributed by atoms with van der Waals surface area (Å²) >= 11 is 1.47. The van der Waals surface area contributed by atoms with Crippen LogP contribution in [-0.2, 0) is 46.2 Å². The van der Waals surface area contributed by atoms with Gasteiger partial charge in [-0.1, -0.05) is 6.92 Å². The molecule has 208 valence electrons. The van der Waals surface area contributed by atoms with E-state index in [0.29, 0.717) is 11.2 Å². The van der Waals surface area contributed by atoms with Gasteiger partial charge in [-0.15, -0.1) is 11.3 Å². The van der Waals surface area contributed by atoms with E-state index in [1.54, 1.807) is 0 Å². The maximum Gasteiger partial charge on any atom is 0.329 e. The Hall–Kier alpha value is -2.65. The summed E-state index contributed by atoms with van der Waals surface area (Å²) in [6.07, 6.45) is 3.90. The van der Waals surface area contributed by atoms with E-state index in [0.717, 1.165) is 37.9 Å². The number of ether oxygens (including phenoxy) is 3. The van der Waals surface area contributed by atoms with E-state index >= 15 is 0 Å². The van der Waals surface area contributed by atoms with Gasteiger partial charge in [-0.25, -0.2) is 9.78 Å². The van der Waals surface area contributed by atoms with Crippen molar-refractivity contribution < 1.29 is 38.5 Å². The first-order valence-corrected chi connectivity index (χ1v) is 13.1. The van der Waals surface area contributed by atoms with Crippen molar-refractivity contribution in [2.24, 2.45) is 0 Å². The average molecular weight is 544 g/mol. The third-order valence-electron chi connectivity index (χ3n) is 5.30. The molecule has 0 aliphatic heterocycles. The Balaban J connectivity index is 1.56. The van der Waals surface area contributed by atoms with Gasteiger partial charge in [0.1, 0.15) is 19.8 Å². The second kappa shape index (κ2) is 17.0. The molecule has 1 aliphatic rings. The average Bonchev–Trinajstić information content (AvgIpc) is 3.25. The maximum absolute atomic E-state index is 12.2. The largest absolute Gasteiger partial charge is 0.480 e. The van der Waals surface area contributed by atoms with Crippen molar-refractivity contribution in [3.63, 3.8) is 0 Å². The van der Waals surface area contributed by atoms with Crippen LogP contribution in [0.25, 0.3) is 0 Å². The molecule has 0 aromatic carbocycles. The molecule has 37 heavy (non-hydrogen) atoms. The predicted octanol–water partition coefficient (Wildman–Crippen LogP) is -0.352. The number of hydrogen-bond donors (Lipinski definition) is 4. The molecule has 0 radical (unpaired) electrons. The van der Waals surface area contributed by atoms with E-state index in [-0.39, 0.29) is 58.6 Å².